The lowest BCUT2D eigenvalue weighted by atomic mass is 9.88. The summed E-state index contributed by atoms with van der Waals surface area (Å²) in [5.41, 5.74) is 8.86. The molecule has 0 saturated heterocycles. The standard InChI is InChI=1S/C32H34N2O3/c1-4-5-6-13-33-31-27-19-34-14-12-23-17-29-30(37-20-36-29)18-25(23)32(34)26(24(27)10-11-28(31)35-3)16-22-9-7-8-21(2)15-22/h7-11,15,17-19H,4-6,12-14,16,20H2,1-3H3/p+1. The Labute approximate surface area is 219 Å². The average molecular weight is 496 g/mol. The van der Waals surface area contributed by atoms with E-state index < -0.39 is 0 Å². The number of aromatic nitrogens is 1. The molecule has 0 bridgehead atoms. The van der Waals surface area contributed by atoms with E-state index in [0.29, 0.717) is 6.79 Å². The van der Waals surface area contributed by atoms with E-state index in [1.807, 2.05) is 0 Å². The summed E-state index contributed by atoms with van der Waals surface area (Å²) in [6.07, 6.45) is 7.70. The molecule has 3 heterocycles. The summed E-state index contributed by atoms with van der Waals surface area (Å²) in [6, 6.07) is 17.6. The van der Waals surface area contributed by atoms with Gasteiger partial charge in [-0.15, -0.1) is 0 Å². The molecule has 5 heteroatoms. The third kappa shape index (κ3) is 4.37. The van der Waals surface area contributed by atoms with E-state index in [-0.39, 0.29) is 0 Å². The largest absolute Gasteiger partial charge is 0.495 e. The SMILES string of the molecule is CCCCCNc1c(OC)ccc2c(Cc3cccc(C)c3)c3[n+](cc12)CCc1cc2c(cc1-3)OCO2. The number of rotatable bonds is 8. The van der Waals surface area contributed by atoms with Gasteiger partial charge < -0.3 is 19.5 Å². The molecule has 4 aromatic rings. The smallest absolute Gasteiger partial charge is 0.231 e. The van der Waals surface area contributed by atoms with Gasteiger partial charge in [-0.2, -0.15) is 4.57 Å². The van der Waals surface area contributed by atoms with Crippen LogP contribution in [0.4, 0.5) is 5.69 Å². The number of nitrogens with zero attached hydrogens (tertiary/aromatic N) is 1. The minimum Gasteiger partial charge on any atom is -0.495 e. The van der Waals surface area contributed by atoms with E-state index in [1.165, 1.54) is 57.1 Å². The van der Waals surface area contributed by atoms with Crippen molar-refractivity contribution in [3.63, 3.8) is 0 Å². The zero-order valence-electron chi connectivity index (χ0n) is 22.0. The molecule has 0 atom stereocenters. The fourth-order valence-corrected chi connectivity index (χ4v) is 5.81. The topological polar surface area (TPSA) is 43.6 Å². The van der Waals surface area contributed by atoms with E-state index in [1.54, 1.807) is 7.11 Å². The molecule has 0 saturated carbocycles. The number of anilines is 1. The third-order valence-corrected chi connectivity index (χ3v) is 7.63. The first-order valence-corrected chi connectivity index (χ1v) is 13.4. The van der Waals surface area contributed by atoms with Gasteiger partial charge in [0.1, 0.15) is 5.75 Å². The van der Waals surface area contributed by atoms with Gasteiger partial charge in [0.2, 0.25) is 12.5 Å². The second-order valence-corrected chi connectivity index (χ2v) is 10.2. The van der Waals surface area contributed by atoms with Crippen LogP contribution in [0.3, 0.4) is 0 Å². The summed E-state index contributed by atoms with van der Waals surface area (Å²) < 4.78 is 19.8. The summed E-state index contributed by atoms with van der Waals surface area (Å²) in [5, 5.41) is 6.20. The first-order chi connectivity index (χ1) is 18.2. The normalized spacial score (nSPS) is 13.4. The first-order valence-electron chi connectivity index (χ1n) is 13.4. The van der Waals surface area contributed by atoms with Crippen molar-refractivity contribution in [2.45, 2.75) is 52.5 Å². The highest BCUT2D eigenvalue weighted by molar-refractivity contribution is 6.00. The highest BCUT2D eigenvalue weighted by Gasteiger charge is 2.32. The maximum atomic E-state index is 5.83. The van der Waals surface area contributed by atoms with Gasteiger partial charge in [0.25, 0.3) is 0 Å². The maximum Gasteiger partial charge on any atom is 0.231 e. The van der Waals surface area contributed by atoms with Gasteiger partial charge in [-0.1, -0.05) is 49.6 Å². The maximum absolute atomic E-state index is 5.83. The fourth-order valence-electron chi connectivity index (χ4n) is 5.81. The molecule has 2 aliphatic rings. The van der Waals surface area contributed by atoms with E-state index in [4.69, 9.17) is 14.2 Å². The summed E-state index contributed by atoms with van der Waals surface area (Å²) in [4.78, 5) is 0. The number of ether oxygens (including phenoxy) is 3. The van der Waals surface area contributed by atoms with Gasteiger partial charge >= 0.3 is 0 Å². The molecule has 0 fully saturated rings. The Morgan fingerprint density at radius 2 is 1.86 bits per heavy atom. The van der Waals surface area contributed by atoms with Gasteiger partial charge in [0, 0.05) is 30.3 Å². The third-order valence-electron chi connectivity index (χ3n) is 7.63. The number of pyridine rings is 1. The number of hydrogen-bond acceptors (Lipinski definition) is 4. The lowest BCUT2D eigenvalue weighted by Crippen LogP contribution is -2.41. The lowest BCUT2D eigenvalue weighted by Gasteiger charge is -2.22. The number of hydrogen-bond donors (Lipinski definition) is 1. The zero-order valence-corrected chi connectivity index (χ0v) is 22.0. The Hall–Kier alpha value is -3.73. The van der Waals surface area contributed by atoms with Crippen LogP contribution in [0.1, 0.15) is 48.4 Å². The molecule has 0 aliphatic carbocycles. The number of aryl methyl sites for hydroxylation is 3. The summed E-state index contributed by atoms with van der Waals surface area (Å²) in [6.45, 7) is 6.55. The Bertz CT molecular complexity index is 1480. The van der Waals surface area contributed by atoms with Crippen LogP contribution in [0, 0.1) is 6.92 Å². The van der Waals surface area contributed by atoms with Crippen LogP contribution in [-0.4, -0.2) is 20.4 Å². The number of benzene rings is 3. The molecule has 37 heavy (non-hydrogen) atoms. The number of fused-ring (bicyclic) bond motifs is 5. The second kappa shape index (κ2) is 9.97. The zero-order chi connectivity index (χ0) is 25.4. The molecular weight excluding hydrogens is 460 g/mol. The van der Waals surface area contributed by atoms with Crippen molar-refractivity contribution in [3.05, 3.63) is 77.0 Å². The van der Waals surface area contributed by atoms with Crippen molar-refractivity contribution in [1.29, 1.82) is 0 Å². The van der Waals surface area contributed by atoms with Crippen molar-refractivity contribution in [2.75, 3.05) is 25.8 Å². The molecule has 1 aromatic heterocycles. The van der Waals surface area contributed by atoms with E-state index in [9.17, 15) is 0 Å². The molecule has 190 valence electrons. The van der Waals surface area contributed by atoms with Crippen LogP contribution < -0.4 is 24.1 Å². The number of nitrogens with one attached hydrogen (secondary N) is 1. The second-order valence-electron chi connectivity index (χ2n) is 10.2. The molecule has 1 N–H and O–H groups in total. The minimum atomic E-state index is 0.291. The number of unbranched alkanes of at least 4 members (excludes halogenated alkanes) is 2. The molecule has 2 aliphatic heterocycles. The molecule has 5 nitrogen and oxygen atoms in total. The summed E-state index contributed by atoms with van der Waals surface area (Å²) >= 11 is 0. The first kappa shape index (κ1) is 23.7. The van der Waals surface area contributed by atoms with Crippen LogP contribution >= 0.6 is 0 Å². The highest BCUT2D eigenvalue weighted by Crippen LogP contribution is 2.43. The molecule has 3 aromatic carbocycles. The molecule has 6 rings (SSSR count). The summed E-state index contributed by atoms with van der Waals surface area (Å²) in [5.74, 6) is 2.59. The average Bonchev–Trinajstić information content (AvgIpc) is 3.37. The minimum absolute atomic E-state index is 0.291. The van der Waals surface area contributed by atoms with Gasteiger partial charge in [-0.25, -0.2) is 0 Å². The van der Waals surface area contributed by atoms with E-state index in [2.05, 4.69) is 78.5 Å². The molecule has 0 spiro atoms. The van der Waals surface area contributed by atoms with E-state index in [0.717, 1.165) is 55.3 Å². The summed E-state index contributed by atoms with van der Waals surface area (Å²) in [7, 11) is 1.76. The predicted octanol–water partition coefficient (Wildman–Crippen LogP) is 6.59. The van der Waals surface area contributed by atoms with Gasteiger partial charge in [0.15, 0.2) is 24.2 Å². The van der Waals surface area contributed by atoms with Crippen molar-refractivity contribution in [1.82, 2.24) is 0 Å². The van der Waals surface area contributed by atoms with Crippen LogP contribution in [0.25, 0.3) is 22.0 Å². The van der Waals surface area contributed by atoms with Crippen LogP contribution in [0.5, 0.6) is 17.2 Å². The van der Waals surface area contributed by atoms with Gasteiger partial charge in [0.05, 0.1) is 23.7 Å². The van der Waals surface area contributed by atoms with Crippen LogP contribution in [0.15, 0.2) is 54.7 Å². The Balaban J connectivity index is 1.57. The van der Waals surface area contributed by atoms with Crippen molar-refractivity contribution >= 4 is 16.5 Å². The fraction of sp³-hybridized carbons (Fsp3) is 0.344. The van der Waals surface area contributed by atoms with Gasteiger partial charge in [-0.05, 0) is 48.7 Å². The molecule has 0 radical (unpaired) electrons. The van der Waals surface area contributed by atoms with Crippen molar-refractivity contribution < 1.29 is 18.8 Å². The molecule has 0 amide bonds. The van der Waals surface area contributed by atoms with Crippen LogP contribution in [-0.2, 0) is 19.4 Å². The molecule has 0 unspecified atom stereocenters. The monoisotopic (exact) mass is 495 g/mol. The Morgan fingerprint density at radius 3 is 2.68 bits per heavy atom. The Morgan fingerprint density at radius 1 is 1.00 bits per heavy atom. The Kier molecular flexibility index (Phi) is 6.37. The van der Waals surface area contributed by atoms with Crippen molar-refractivity contribution in [2.24, 2.45) is 0 Å². The highest BCUT2D eigenvalue weighted by atomic mass is 16.7. The quantitative estimate of drug-likeness (QED) is 0.221. The predicted molar refractivity (Wildman–Crippen MR) is 148 cm³/mol. The molecular formula is C32H35N2O3+. The van der Waals surface area contributed by atoms with E-state index >= 15 is 0 Å². The lowest BCUT2D eigenvalue weighted by molar-refractivity contribution is -0.686. The van der Waals surface area contributed by atoms with Crippen LogP contribution in [0.2, 0.25) is 0 Å². The van der Waals surface area contributed by atoms with Crippen molar-refractivity contribution in [3.8, 4) is 28.5 Å². The van der Waals surface area contributed by atoms with Gasteiger partial charge in [-0.3, -0.25) is 0 Å². The number of methoxy groups -OCH3 is 1.